The van der Waals surface area contributed by atoms with E-state index in [9.17, 15) is 19.0 Å². The van der Waals surface area contributed by atoms with Crippen LogP contribution in [-0.2, 0) is 0 Å². The Bertz CT molecular complexity index is 1810. The summed E-state index contributed by atoms with van der Waals surface area (Å²) in [7, 11) is 0. The summed E-state index contributed by atoms with van der Waals surface area (Å²) in [5, 5.41) is 22.5. The quantitative estimate of drug-likeness (QED) is 0.284. The van der Waals surface area contributed by atoms with Gasteiger partial charge in [0.15, 0.2) is 5.82 Å². The molecule has 2 aromatic carbocycles. The number of likely N-dealkylation sites (tertiary alicyclic amines) is 1. The molecule has 2 fully saturated rings. The minimum Gasteiger partial charge on any atom is -0.508 e. The number of phenolic OH excluding ortho intramolecular Hbond substituents is 1. The topological polar surface area (TPSA) is 94.8 Å². The fourth-order valence-corrected chi connectivity index (χ4v) is 6.38. The maximum Gasteiger partial charge on any atom is 0.319 e. The van der Waals surface area contributed by atoms with E-state index in [-0.39, 0.29) is 58.8 Å². The first-order chi connectivity index (χ1) is 21.1. The van der Waals surface area contributed by atoms with Crippen LogP contribution >= 0.6 is 0 Å². The summed E-state index contributed by atoms with van der Waals surface area (Å²) in [6, 6.07) is 6.51. The molecule has 2 saturated heterocycles. The number of β-amino-alcohol motifs (C(OH)–C–C–N with tert-alkyl or cyclic N) is 1. The number of alkyl halides is 1. The van der Waals surface area contributed by atoms with E-state index in [4.69, 9.17) is 4.74 Å². The van der Waals surface area contributed by atoms with Crippen molar-refractivity contribution in [3.05, 3.63) is 47.7 Å². The van der Waals surface area contributed by atoms with Crippen molar-refractivity contribution in [1.29, 1.82) is 0 Å². The van der Waals surface area contributed by atoms with Gasteiger partial charge >= 0.3 is 6.01 Å². The fourth-order valence-electron chi connectivity index (χ4n) is 6.38. The van der Waals surface area contributed by atoms with E-state index in [1.165, 1.54) is 30.3 Å². The van der Waals surface area contributed by atoms with E-state index in [1.807, 2.05) is 16.7 Å². The van der Waals surface area contributed by atoms with Crippen molar-refractivity contribution in [3.8, 4) is 34.9 Å². The molecule has 230 valence electrons. The molecule has 0 saturated carbocycles. The second-order valence-corrected chi connectivity index (χ2v) is 11.8. The Hall–Kier alpha value is -4.14. The highest BCUT2D eigenvalue weighted by Gasteiger charge is 2.34. The minimum atomic E-state index is -1.01. The van der Waals surface area contributed by atoms with Crippen LogP contribution in [-0.4, -0.2) is 80.7 Å². The average Bonchev–Trinajstić information content (AvgIpc) is 3.36. The molecule has 0 unspecified atom stereocenters. The molecule has 2 aliphatic heterocycles. The van der Waals surface area contributed by atoms with Gasteiger partial charge in [0.2, 0.25) is 0 Å². The first kappa shape index (κ1) is 29.9. The average molecular weight is 606 g/mol. The van der Waals surface area contributed by atoms with E-state index in [0.29, 0.717) is 55.5 Å². The molecule has 0 amide bonds. The molecule has 2 aliphatic rings. The zero-order chi connectivity index (χ0) is 31.2. The number of nitrogens with zero attached hydrogens (tertiary/aromatic N) is 5. The van der Waals surface area contributed by atoms with Crippen LogP contribution in [0.3, 0.4) is 0 Å². The predicted molar refractivity (Wildman–Crippen MR) is 163 cm³/mol. The summed E-state index contributed by atoms with van der Waals surface area (Å²) in [5.74, 6) is 4.60. The Morgan fingerprint density at radius 1 is 1.16 bits per heavy atom. The van der Waals surface area contributed by atoms with Crippen molar-refractivity contribution in [2.24, 2.45) is 0 Å². The molecule has 8 nitrogen and oxygen atoms in total. The number of rotatable bonds is 6. The number of fused-ring (bicyclic) bond motifs is 2. The van der Waals surface area contributed by atoms with Crippen LogP contribution in [0.25, 0.3) is 32.9 Å². The maximum absolute atomic E-state index is 16.8. The van der Waals surface area contributed by atoms with Crippen LogP contribution in [0.2, 0.25) is 0 Å². The Balaban J connectivity index is 1.57. The molecule has 44 heavy (non-hydrogen) atoms. The van der Waals surface area contributed by atoms with Crippen molar-refractivity contribution in [3.63, 3.8) is 0 Å². The predicted octanol–water partition coefficient (Wildman–Crippen LogP) is 5.36. The van der Waals surface area contributed by atoms with Crippen molar-refractivity contribution in [2.45, 2.75) is 57.8 Å². The van der Waals surface area contributed by atoms with Gasteiger partial charge in [-0.05, 0) is 80.6 Å². The van der Waals surface area contributed by atoms with E-state index < -0.39 is 23.4 Å². The number of phenols is 1. The highest BCUT2D eigenvalue weighted by atomic mass is 19.1. The van der Waals surface area contributed by atoms with Gasteiger partial charge in [0.1, 0.15) is 47.1 Å². The fraction of sp³-hybridized carbons (Fsp3) is 0.424. The summed E-state index contributed by atoms with van der Waals surface area (Å²) >= 11 is 0. The lowest BCUT2D eigenvalue weighted by molar-refractivity contribution is 0.0447. The molecular weight excluding hydrogens is 571 g/mol. The molecule has 0 bridgehead atoms. The number of aromatic hydroxyl groups is 1. The van der Waals surface area contributed by atoms with Gasteiger partial charge in [-0.3, -0.25) is 4.90 Å². The lowest BCUT2D eigenvalue weighted by atomic mass is 9.94. The smallest absolute Gasteiger partial charge is 0.319 e. The number of aromatic nitrogens is 3. The molecule has 2 N–H and O–H groups in total. The lowest BCUT2D eigenvalue weighted by Gasteiger charge is -2.38. The van der Waals surface area contributed by atoms with E-state index in [0.717, 1.165) is 0 Å². The van der Waals surface area contributed by atoms with E-state index >= 15 is 4.39 Å². The third kappa shape index (κ3) is 5.72. The number of ether oxygens (including phenoxy) is 1. The first-order valence-electron chi connectivity index (χ1n) is 14.8. The summed E-state index contributed by atoms with van der Waals surface area (Å²) in [6.45, 7) is 7.16. The van der Waals surface area contributed by atoms with E-state index in [1.54, 1.807) is 13.8 Å². The number of anilines is 1. The number of halogens is 3. The monoisotopic (exact) mass is 605 g/mol. The number of likely N-dealkylation sites (N-methyl/N-ethyl adjacent to an activating group) is 1. The second kappa shape index (κ2) is 11.7. The van der Waals surface area contributed by atoms with Gasteiger partial charge < -0.3 is 19.8 Å². The number of piperidine rings is 1. The van der Waals surface area contributed by atoms with Crippen LogP contribution in [0.15, 0.2) is 30.3 Å². The van der Waals surface area contributed by atoms with Gasteiger partial charge in [0, 0.05) is 31.2 Å². The van der Waals surface area contributed by atoms with Crippen molar-refractivity contribution >= 4 is 27.5 Å². The van der Waals surface area contributed by atoms with Gasteiger partial charge in [0.25, 0.3) is 0 Å². The van der Waals surface area contributed by atoms with Gasteiger partial charge in [-0.25, -0.2) is 18.2 Å². The molecule has 6 rings (SSSR count). The number of benzene rings is 2. The molecule has 4 aromatic rings. The standard InChI is InChI=1S/C33H34F3N5O3/c1-4-7-26-27-30(28(36)29(37-26)25-15-23(42)12-19-8-9-20(34)14-24(19)25)38-32(44-17-22-13-21(35)16-40(22)5-2)39-31(27)41-11-6-10-33(3,43)18-41/h8-9,12,14-15,21-22,42-43H,5-6,10-11,13,16-18H2,1-3H3/t21-,22+,33-/m1/s1. The summed E-state index contributed by atoms with van der Waals surface area (Å²) in [6.07, 6.45) is 0.608. The zero-order valence-corrected chi connectivity index (χ0v) is 24.9. The van der Waals surface area contributed by atoms with Crippen LogP contribution in [0.1, 0.15) is 45.7 Å². The molecule has 0 radical (unpaired) electrons. The van der Waals surface area contributed by atoms with Crippen molar-refractivity contribution in [1.82, 2.24) is 19.9 Å². The van der Waals surface area contributed by atoms with Crippen LogP contribution in [0, 0.1) is 23.5 Å². The van der Waals surface area contributed by atoms with Gasteiger partial charge in [-0.15, -0.1) is 0 Å². The van der Waals surface area contributed by atoms with Crippen molar-refractivity contribution < 1.29 is 28.1 Å². The highest BCUT2D eigenvalue weighted by Crippen LogP contribution is 2.39. The zero-order valence-electron chi connectivity index (χ0n) is 24.9. The number of hydrogen-bond acceptors (Lipinski definition) is 8. The third-order valence-electron chi connectivity index (χ3n) is 8.41. The van der Waals surface area contributed by atoms with Crippen molar-refractivity contribution in [2.75, 3.05) is 37.7 Å². The Morgan fingerprint density at radius 2 is 1.98 bits per heavy atom. The second-order valence-electron chi connectivity index (χ2n) is 11.8. The first-order valence-corrected chi connectivity index (χ1v) is 14.8. The van der Waals surface area contributed by atoms with Gasteiger partial charge in [0.05, 0.1) is 11.0 Å². The SMILES string of the molecule is CC#Cc1nc(-c2cc(O)cc3ccc(F)cc23)c(F)c2nc(OC[C@@H]3C[C@@H](F)CN3CC)nc(N3CCC[C@@](C)(O)C3)c12. The number of aliphatic hydroxyl groups is 1. The van der Waals surface area contributed by atoms with Crippen LogP contribution in [0.5, 0.6) is 11.8 Å². The highest BCUT2D eigenvalue weighted by molar-refractivity contribution is 6.01. The lowest BCUT2D eigenvalue weighted by Crippen LogP contribution is -2.46. The minimum absolute atomic E-state index is 0.102. The molecule has 3 atom stereocenters. The van der Waals surface area contributed by atoms with Crippen LogP contribution in [0.4, 0.5) is 19.0 Å². The summed E-state index contributed by atoms with van der Waals surface area (Å²) < 4.78 is 51.4. The van der Waals surface area contributed by atoms with Gasteiger partial charge in [-0.2, -0.15) is 9.97 Å². The normalized spacial score (nSPS) is 22.4. The molecule has 2 aromatic heterocycles. The maximum atomic E-state index is 16.8. The summed E-state index contributed by atoms with van der Waals surface area (Å²) in [4.78, 5) is 17.6. The van der Waals surface area contributed by atoms with E-state index in [2.05, 4.69) is 26.8 Å². The Morgan fingerprint density at radius 3 is 2.73 bits per heavy atom. The molecular formula is C33H34F3N5O3. The Labute approximate surface area is 253 Å². The molecule has 4 heterocycles. The molecule has 0 aliphatic carbocycles. The van der Waals surface area contributed by atoms with Gasteiger partial charge in [-0.1, -0.05) is 18.9 Å². The summed E-state index contributed by atoms with van der Waals surface area (Å²) in [5.41, 5.74) is -0.943. The number of hydrogen-bond donors (Lipinski definition) is 2. The van der Waals surface area contributed by atoms with Crippen LogP contribution < -0.4 is 9.64 Å². The number of pyridine rings is 1. The largest absolute Gasteiger partial charge is 0.508 e. The third-order valence-corrected chi connectivity index (χ3v) is 8.41. The molecule has 0 spiro atoms. The molecule has 11 heteroatoms. The Kier molecular flexibility index (Phi) is 7.99.